The van der Waals surface area contributed by atoms with E-state index in [1.165, 1.54) is 5.56 Å². The van der Waals surface area contributed by atoms with Crippen molar-refractivity contribution in [2.45, 2.75) is 37.5 Å². The largest absolute Gasteiger partial charge is 0.497 e. The Hall–Kier alpha value is -2.60. The average Bonchev–Trinajstić information content (AvgIpc) is 3.03. The fraction of sp³-hybridized carbons (Fsp3) is 0.286. The van der Waals surface area contributed by atoms with Gasteiger partial charge in [-0.2, -0.15) is 0 Å². The first kappa shape index (κ1) is 19.2. The molecule has 0 bridgehead atoms. The molecule has 0 radical (unpaired) electrons. The molecular formula is C21H23NO4S. The summed E-state index contributed by atoms with van der Waals surface area (Å²) in [5, 5.41) is 9.88. The summed E-state index contributed by atoms with van der Waals surface area (Å²) < 4.78 is 20.2. The molecule has 1 N–H and O–H groups in total. The van der Waals surface area contributed by atoms with Gasteiger partial charge in [0.05, 0.1) is 17.5 Å². The lowest BCUT2D eigenvalue weighted by atomic mass is 10.0. The van der Waals surface area contributed by atoms with Crippen LogP contribution in [0.4, 0.5) is 0 Å². The Bertz CT molecular complexity index is 989. The van der Waals surface area contributed by atoms with Crippen LogP contribution in [0.1, 0.15) is 37.3 Å². The molecule has 0 aliphatic rings. The molecule has 0 fully saturated rings. The first-order chi connectivity index (χ1) is 12.9. The number of aryl methyl sites for hydroxylation is 1. The predicted molar refractivity (Wildman–Crippen MR) is 107 cm³/mol. The lowest BCUT2D eigenvalue weighted by molar-refractivity contribution is -0.136. The van der Waals surface area contributed by atoms with Gasteiger partial charge in [-0.05, 0) is 53.8 Å². The smallest absolute Gasteiger partial charge is 0.303 e. The number of hydrogen-bond acceptors (Lipinski definition) is 3. The molecule has 3 aromatic rings. The van der Waals surface area contributed by atoms with Crippen molar-refractivity contribution in [1.82, 2.24) is 3.97 Å². The summed E-state index contributed by atoms with van der Waals surface area (Å²) in [7, 11) is 0.170. The number of carboxylic acid groups (broad SMARTS) is 1. The van der Waals surface area contributed by atoms with Crippen LogP contribution >= 0.6 is 0 Å². The van der Waals surface area contributed by atoms with E-state index in [0.717, 1.165) is 16.5 Å². The van der Waals surface area contributed by atoms with Gasteiger partial charge in [0.15, 0.2) is 11.0 Å². The van der Waals surface area contributed by atoms with Crippen LogP contribution in [-0.4, -0.2) is 26.4 Å². The average molecular weight is 385 g/mol. The number of fused-ring (bicyclic) bond motifs is 1. The molecule has 3 rings (SSSR count). The Morgan fingerprint density at radius 1 is 1.19 bits per heavy atom. The van der Waals surface area contributed by atoms with Gasteiger partial charge < -0.3 is 9.84 Å². The molecule has 0 amide bonds. The highest BCUT2D eigenvalue weighted by atomic mass is 32.2. The number of benzene rings is 2. The predicted octanol–water partition coefficient (Wildman–Crippen LogP) is 4.36. The summed E-state index contributed by atoms with van der Waals surface area (Å²) in [4.78, 5) is 11.7. The third-order valence-electron chi connectivity index (χ3n) is 4.60. The summed E-state index contributed by atoms with van der Waals surface area (Å²) in [6, 6.07) is 13.3. The van der Waals surface area contributed by atoms with E-state index in [-0.39, 0.29) is 6.42 Å². The maximum atomic E-state index is 13.2. The van der Waals surface area contributed by atoms with Gasteiger partial charge in [-0.15, -0.1) is 0 Å². The Morgan fingerprint density at radius 3 is 2.48 bits per heavy atom. The Balaban J connectivity index is 2.04. The molecule has 1 atom stereocenters. The second-order valence-corrected chi connectivity index (χ2v) is 8.09. The van der Waals surface area contributed by atoms with Crippen LogP contribution in [0.15, 0.2) is 53.6 Å². The van der Waals surface area contributed by atoms with Gasteiger partial charge >= 0.3 is 5.97 Å². The van der Waals surface area contributed by atoms with Crippen molar-refractivity contribution in [3.05, 3.63) is 59.8 Å². The molecule has 1 heterocycles. The van der Waals surface area contributed by atoms with E-state index >= 15 is 0 Å². The molecule has 27 heavy (non-hydrogen) atoms. The summed E-state index contributed by atoms with van der Waals surface area (Å²) in [6.07, 6.45) is 2.18. The van der Waals surface area contributed by atoms with E-state index in [2.05, 4.69) is 13.8 Å². The van der Waals surface area contributed by atoms with Crippen LogP contribution < -0.4 is 4.74 Å². The zero-order chi connectivity index (χ0) is 19.6. The van der Waals surface area contributed by atoms with Crippen LogP contribution in [0.5, 0.6) is 5.75 Å². The van der Waals surface area contributed by atoms with Crippen molar-refractivity contribution in [3.8, 4) is 5.75 Å². The van der Waals surface area contributed by atoms with Gasteiger partial charge in [-0.25, -0.2) is 4.21 Å². The number of aromatic nitrogens is 1. The second kappa shape index (κ2) is 7.96. The fourth-order valence-electron chi connectivity index (χ4n) is 3.03. The van der Waals surface area contributed by atoms with Gasteiger partial charge in [-0.1, -0.05) is 26.0 Å². The highest BCUT2D eigenvalue weighted by molar-refractivity contribution is 7.83. The summed E-state index contributed by atoms with van der Waals surface area (Å²) >= 11 is 0. The molecule has 5 nitrogen and oxygen atoms in total. The fourth-order valence-corrected chi connectivity index (χ4v) is 4.19. The van der Waals surface area contributed by atoms with Crippen LogP contribution in [0.2, 0.25) is 0 Å². The minimum Gasteiger partial charge on any atom is -0.497 e. The number of aliphatic carboxylic acids is 1. The number of methoxy groups -OCH3 is 1. The molecule has 6 heteroatoms. The van der Waals surface area contributed by atoms with Crippen molar-refractivity contribution < 1.29 is 18.8 Å². The number of nitrogens with zero attached hydrogens (tertiary/aromatic N) is 1. The van der Waals surface area contributed by atoms with Crippen molar-refractivity contribution in [2.24, 2.45) is 0 Å². The van der Waals surface area contributed by atoms with E-state index < -0.39 is 17.0 Å². The standard InChI is InChI=1S/C21H23NO4S/c1-14(2)15-4-8-18(9-5-15)27(25)22-13-16(6-11-21(23)24)19-12-17(26-3)7-10-20(19)22/h4-5,7-10,12-14H,6,11H2,1-3H3,(H,23,24). The minimum absolute atomic E-state index is 0.0199. The normalized spacial score (nSPS) is 12.4. The van der Waals surface area contributed by atoms with E-state index in [1.54, 1.807) is 17.3 Å². The zero-order valence-corrected chi connectivity index (χ0v) is 16.5. The van der Waals surface area contributed by atoms with Crippen LogP contribution in [-0.2, 0) is 22.2 Å². The van der Waals surface area contributed by atoms with E-state index in [9.17, 15) is 9.00 Å². The summed E-state index contributed by atoms with van der Waals surface area (Å²) in [5.41, 5.74) is 2.83. The van der Waals surface area contributed by atoms with Crippen molar-refractivity contribution in [1.29, 1.82) is 0 Å². The van der Waals surface area contributed by atoms with E-state index in [4.69, 9.17) is 9.84 Å². The first-order valence-electron chi connectivity index (χ1n) is 8.82. The molecule has 1 unspecified atom stereocenters. The third kappa shape index (κ3) is 4.06. The SMILES string of the molecule is COc1ccc2c(c1)c(CCC(=O)O)cn2S(=O)c1ccc(C(C)C)cc1. The lowest BCUT2D eigenvalue weighted by Gasteiger charge is -2.08. The molecule has 0 aliphatic heterocycles. The summed E-state index contributed by atoms with van der Waals surface area (Å²) in [5.74, 6) is 0.239. The van der Waals surface area contributed by atoms with Crippen molar-refractivity contribution in [2.75, 3.05) is 7.11 Å². The topological polar surface area (TPSA) is 68.5 Å². The Morgan fingerprint density at radius 2 is 1.89 bits per heavy atom. The third-order valence-corrected chi connectivity index (χ3v) is 5.93. The van der Waals surface area contributed by atoms with Crippen LogP contribution in [0, 0.1) is 0 Å². The quantitative estimate of drug-likeness (QED) is 0.656. The van der Waals surface area contributed by atoms with Gasteiger partial charge in [0.1, 0.15) is 5.75 Å². The second-order valence-electron chi connectivity index (χ2n) is 6.73. The molecular weight excluding hydrogens is 362 g/mol. The van der Waals surface area contributed by atoms with Crippen LogP contribution in [0.3, 0.4) is 0 Å². The molecule has 1 aromatic heterocycles. The Labute approximate surface area is 161 Å². The summed E-state index contributed by atoms with van der Waals surface area (Å²) in [6.45, 7) is 4.24. The van der Waals surface area contributed by atoms with Gasteiger partial charge in [0, 0.05) is 18.0 Å². The molecule has 0 spiro atoms. The first-order valence-corrected chi connectivity index (χ1v) is 9.93. The van der Waals surface area contributed by atoms with Gasteiger partial charge in [-0.3, -0.25) is 8.77 Å². The number of hydrogen-bond donors (Lipinski definition) is 1. The molecule has 0 saturated carbocycles. The number of carbonyl (C=O) groups is 1. The molecule has 0 aliphatic carbocycles. The number of ether oxygens (including phenoxy) is 1. The number of rotatable bonds is 7. The lowest BCUT2D eigenvalue weighted by Crippen LogP contribution is -2.04. The zero-order valence-electron chi connectivity index (χ0n) is 15.6. The number of carboxylic acids is 1. The maximum Gasteiger partial charge on any atom is 0.303 e. The highest BCUT2D eigenvalue weighted by Crippen LogP contribution is 2.29. The van der Waals surface area contributed by atoms with E-state index in [0.29, 0.717) is 23.0 Å². The highest BCUT2D eigenvalue weighted by Gasteiger charge is 2.16. The molecule has 142 valence electrons. The van der Waals surface area contributed by atoms with Gasteiger partial charge in [0.2, 0.25) is 0 Å². The van der Waals surface area contributed by atoms with E-state index in [1.807, 2.05) is 42.5 Å². The maximum absolute atomic E-state index is 13.2. The minimum atomic E-state index is -1.42. The molecule has 2 aromatic carbocycles. The van der Waals surface area contributed by atoms with Crippen LogP contribution in [0.25, 0.3) is 10.9 Å². The molecule has 0 saturated heterocycles. The van der Waals surface area contributed by atoms with Gasteiger partial charge in [0.25, 0.3) is 0 Å². The monoisotopic (exact) mass is 385 g/mol. The van der Waals surface area contributed by atoms with Crippen molar-refractivity contribution in [3.63, 3.8) is 0 Å². The van der Waals surface area contributed by atoms with Crippen molar-refractivity contribution >= 4 is 27.9 Å². The Kier molecular flexibility index (Phi) is 5.65.